The van der Waals surface area contributed by atoms with Crippen LogP contribution >= 0.6 is 22.6 Å². The topological polar surface area (TPSA) is 40.5 Å². The van der Waals surface area contributed by atoms with Crippen molar-refractivity contribution in [2.24, 2.45) is 5.92 Å². The molecule has 1 amide bonds. The van der Waals surface area contributed by atoms with Crippen molar-refractivity contribution in [2.75, 3.05) is 19.7 Å². The Hall–Kier alpha value is -0.620. The van der Waals surface area contributed by atoms with Crippen molar-refractivity contribution in [3.63, 3.8) is 0 Å². The van der Waals surface area contributed by atoms with Crippen LogP contribution in [-0.4, -0.2) is 35.6 Å². The van der Waals surface area contributed by atoms with Crippen LogP contribution in [0.25, 0.3) is 0 Å². The predicted molar refractivity (Wildman–Crippen MR) is 74.9 cm³/mol. The van der Waals surface area contributed by atoms with Gasteiger partial charge in [0, 0.05) is 23.3 Å². The summed E-state index contributed by atoms with van der Waals surface area (Å²) in [5.41, 5.74) is 0.790. The van der Waals surface area contributed by atoms with Gasteiger partial charge in [-0.2, -0.15) is 0 Å². The van der Waals surface area contributed by atoms with Gasteiger partial charge in [-0.15, -0.1) is 0 Å². The smallest absolute Gasteiger partial charge is 0.254 e. The van der Waals surface area contributed by atoms with Crippen LogP contribution in [0.3, 0.4) is 0 Å². The Balaban J connectivity index is 2.05. The Morgan fingerprint density at radius 1 is 1.47 bits per heavy atom. The fraction of sp³-hybridized carbons (Fsp3) is 0.462. The van der Waals surface area contributed by atoms with Crippen LogP contribution in [0.4, 0.5) is 0 Å². The monoisotopic (exact) mass is 345 g/mol. The molecule has 0 radical (unpaired) electrons. The highest BCUT2D eigenvalue weighted by atomic mass is 127. The number of hydrogen-bond acceptors (Lipinski definition) is 2. The molecule has 3 nitrogen and oxygen atoms in total. The maximum atomic E-state index is 12.3. The first kappa shape index (κ1) is 12.8. The summed E-state index contributed by atoms with van der Waals surface area (Å²) in [6.07, 6.45) is 1.81. The van der Waals surface area contributed by atoms with Gasteiger partial charge < -0.3 is 10.0 Å². The third kappa shape index (κ3) is 2.98. The predicted octanol–water partition coefficient (Wildman–Crippen LogP) is 2.14. The summed E-state index contributed by atoms with van der Waals surface area (Å²) in [4.78, 5) is 14.2. The van der Waals surface area contributed by atoms with Gasteiger partial charge in [0.15, 0.2) is 0 Å². The number of rotatable bonds is 3. The zero-order valence-electron chi connectivity index (χ0n) is 9.60. The minimum absolute atomic E-state index is 0.121. The van der Waals surface area contributed by atoms with Crippen LogP contribution in [0.5, 0.6) is 0 Å². The standard InChI is InChI=1S/C13H16INO2/c14-12-4-2-1-3-11(12)13(17)15-7-5-10(9-15)6-8-16/h1-4,10,16H,5-9H2. The molecule has 1 N–H and O–H groups in total. The summed E-state index contributed by atoms with van der Waals surface area (Å²) in [5.74, 6) is 0.584. The highest BCUT2D eigenvalue weighted by Gasteiger charge is 2.27. The largest absolute Gasteiger partial charge is 0.396 e. The van der Waals surface area contributed by atoms with E-state index in [2.05, 4.69) is 22.6 Å². The molecular weight excluding hydrogens is 329 g/mol. The highest BCUT2D eigenvalue weighted by molar-refractivity contribution is 14.1. The number of hydrogen-bond donors (Lipinski definition) is 1. The van der Waals surface area contributed by atoms with Gasteiger partial charge in [-0.05, 0) is 53.5 Å². The van der Waals surface area contributed by atoms with Gasteiger partial charge in [0.1, 0.15) is 0 Å². The third-order valence-corrected chi connectivity index (χ3v) is 4.16. The van der Waals surface area contributed by atoms with Crippen molar-refractivity contribution >= 4 is 28.5 Å². The number of halogens is 1. The van der Waals surface area contributed by atoms with E-state index in [4.69, 9.17) is 5.11 Å². The fourth-order valence-corrected chi connectivity index (χ4v) is 2.86. The van der Waals surface area contributed by atoms with Gasteiger partial charge >= 0.3 is 0 Å². The van der Waals surface area contributed by atoms with Crippen molar-refractivity contribution in [3.8, 4) is 0 Å². The Bertz CT molecular complexity index is 408. The molecule has 0 bridgehead atoms. The molecule has 2 rings (SSSR count). The first-order chi connectivity index (χ1) is 8.22. The summed E-state index contributed by atoms with van der Waals surface area (Å²) < 4.78 is 1.00. The van der Waals surface area contributed by atoms with E-state index in [9.17, 15) is 4.79 Å². The average Bonchev–Trinajstić information content (AvgIpc) is 2.78. The first-order valence-electron chi connectivity index (χ1n) is 5.87. The number of nitrogens with zero attached hydrogens (tertiary/aromatic N) is 1. The first-order valence-corrected chi connectivity index (χ1v) is 6.95. The van der Waals surface area contributed by atoms with Crippen LogP contribution in [-0.2, 0) is 0 Å². The summed E-state index contributed by atoms with van der Waals surface area (Å²) in [6, 6.07) is 7.67. The van der Waals surface area contributed by atoms with Gasteiger partial charge in [0.25, 0.3) is 5.91 Å². The number of amides is 1. The third-order valence-electron chi connectivity index (χ3n) is 3.21. The zero-order valence-corrected chi connectivity index (χ0v) is 11.8. The SMILES string of the molecule is O=C(c1ccccc1I)N1CCC(CCO)C1. The molecule has 92 valence electrons. The maximum absolute atomic E-state index is 12.3. The molecule has 1 saturated heterocycles. The van der Waals surface area contributed by atoms with Crippen molar-refractivity contribution in [1.29, 1.82) is 0 Å². The normalized spacial score (nSPS) is 19.6. The second-order valence-electron chi connectivity index (χ2n) is 4.40. The molecule has 1 aromatic carbocycles. The summed E-state index contributed by atoms with van der Waals surface area (Å²) in [7, 11) is 0. The number of carbonyl (C=O) groups excluding carboxylic acids is 1. The van der Waals surface area contributed by atoms with Crippen molar-refractivity contribution in [3.05, 3.63) is 33.4 Å². The molecule has 1 unspecified atom stereocenters. The molecule has 1 atom stereocenters. The quantitative estimate of drug-likeness (QED) is 0.853. The number of aliphatic hydroxyl groups excluding tert-OH is 1. The Kier molecular flexibility index (Phi) is 4.39. The minimum atomic E-state index is 0.121. The van der Waals surface area contributed by atoms with Gasteiger partial charge in [0.2, 0.25) is 0 Å². The summed E-state index contributed by atoms with van der Waals surface area (Å²) in [5, 5.41) is 8.91. The van der Waals surface area contributed by atoms with Crippen LogP contribution in [0.15, 0.2) is 24.3 Å². The van der Waals surface area contributed by atoms with E-state index in [0.717, 1.165) is 35.1 Å². The van der Waals surface area contributed by atoms with E-state index in [-0.39, 0.29) is 12.5 Å². The number of benzene rings is 1. The van der Waals surface area contributed by atoms with Crippen LogP contribution in [0, 0.1) is 9.49 Å². The van der Waals surface area contributed by atoms with Crippen molar-refractivity contribution < 1.29 is 9.90 Å². The molecule has 1 aromatic rings. The second-order valence-corrected chi connectivity index (χ2v) is 5.56. The summed E-state index contributed by atoms with van der Waals surface area (Å²) >= 11 is 2.20. The van der Waals surface area contributed by atoms with Gasteiger partial charge in [-0.3, -0.25) is 4.79 Å². The van der Waals surface area contributed by atoms with Gasteiger partial charge in [-0.1, -0.05) is 12.1 Å². The molecule has 0 aliphatic carbocycles. The van der Waals surface area contributed by atoms with E-state index >= 15 is 0 Å². The van der Waals surface area contributed by atoms with Crippen molar-refractivity contribution in [1.82, 2.24) is 4.90 Å². The van der Waals surface area contributed by atoms with E-state index < -0.39 is 0 Å². The van der Waals surface area contributed by atoms with E-state index in [1.165, 1.54) is 0 Å². The Labute approximate surface area is 115 Å². The van der Waals surface area contributed by atoms with Crippen molar-refractivity contribution in [2.45, 2.75) is 12.8 Å². The zero-order chi connectivity index (χ0) is 12.3. The van der Waals surface area contributed by atoms with Gasteiger partial charge in [0.05, 0.1) is 5.56 Å². The molecule has 4 heteroatoms. The van der Waals surface area contributed by atoms with E-state index in [0.29, 0.717) is 5.92 Å². The summed E-state index contributed by atoms with van der Waals surface area (Å²) in [6.45, 7) is 1.81. The fourth-order valence-electron chi connectivity index (χ4n) is 2.24. The average molecular weight is 345 g/mol. The maximum Gasteiger partial charge on any atom is 0.254 e. The van der Waals surface area contributed by atoms with Gasteiger partial charge in [-0.25, -0.2) is 0 Å². The molecular formula is C13H16INO2. The Morgan fingerprint density at radius 2 is 2.24 bits per heavy atom. The molecule has 1 aliphatic heterocycles. The number of aliphatic hydroxyl groups is 1. The van der Waals surface area contributed by atoms with Crippen LogP contribution in [0.2, 0.25) is 0 Å². The van der Waals surface area contributed by atoms with E-state index in [1.54, 1.807) is 0 Å². The molecule has 0 saturated carbocycles. The molecule has 0 spiro atoms. The molecule has 0 aromatic heterocycles. The highest BCUT2D eigenvalue weighted by Crippen LogP contribution is 2.22. The Morgan fingerprint density at radius 3 is 2.94 bits per heavy atom. The lowest BCUT2D eigenvalue weighted by Crippen LogP contribution is -2.29. The molecule has 1 fully saturated rings. The number of likely N-dealkylation sites (tertiary alicyclic amines) is 1. The minimum Gasteiger partial charge on any atom is -0.396 e. The molecule has 17 heavy (non-hydrogen) atoms. The lowest BCUT2D eigenvalue weighted by atomic mass is 10.1. The van der Waals surface area contributed by atoms with Crippen LogP contribution < -0.4 is 0 Å². The molecule has 1 aliphatic rings. The second kappa shape index (κ2) is 5.82. The number of carbonyl (C=O) groups is 1. The lowest BCUT2D eigenvalue weighted by Gasteiger charge is -2.17. The van der Waals surface area contributed by atoms with E-state index in [1.807, 2.05) is 29.2 Å². The lowest BCUT2D eigenvalue weighted by molar-refractivity contribution is 0.0783. The molecule has 1 heterocycles. The van der Waals surface area contributed by atoms with Crippen LogP contribution in [0.1, 0.15) is 23.2 Å².